The lowest BCUT2D eigenvalue weighted by Crippen LogP contribution is -3.12. The third-order valence-corrected chi connectivity index (χ3v) is 5.01. The van der Waals surface area contributed by atoms with Gasteiger partial charge >= 0.3 is 0 Å². The molecular weight excluding hydrogens is 354 g/mol. The SMILES string of the molecule is COc1ccccc1NC(=O)c1ccc(NC(=O)C[NH+]2CCCCCC2)cc1. The van der Waals surface area contributed by atoms with Crippen LogP contribution in [0.2, 0.25) is 0 Å². The summed E-state index contributed by atoms with van der Waals surface area (Å²) in [6, 6.07) is 14.2. The second-order valence-corrected chi connectivity index (χ2v) is 7.12. The van der Waals surface area contributed by atoms with E-state index >= 15 is 0 Å². The number of likely N-dealkylation sites (tertiary alicyclic amines) is 1. The molecule has 6 nitrogen and oxygen atoms in total. The van der Waals surface area contributed by atoms with Crippen LogP contribution in [-0.4, -0.2) is 38.6 Å². The molecule has 2 aromatic carbocycles. The molecule has 28 heavy (non-hydrogen) atoms. The lowest BCUT2D eigenvalue weighted by atomic mass is 10.2. The van der Waals surface area contributed by atoms with E-state index in [2.05, 4.69) is 10.6 Å². The van der Waals surface area contributed by atoms with Crippen molar-refractivity contribution in [3.8, 4) is 5.75 Å². The second kappa shape index (κ2) is 9.90. The summed E-state index contributed by atoms with van der Waals surface area (Å²) in [7, 11) is 1.57. The Morgan fingerprint density at radius 3 is 2.29 bits per heavy atom. The number of carbonyl (C=O) groups is 2. The van der Waals surface area contributed by atoms with Crippen molar-refractivity contribution < 1.29 is 19.2 Å². The molecule has 2 aromatic rings. The molecule has 148 valence electrons. The minimum Gasteiger partial charge on any atom is -0.495 e. The van der Waals surface area contributed by atoms with Gasteiger partial charge in [-0.05, 0) is 62.1 Å². The first-order valence-corrected chi connectivity index (χ1v) is 9.83. The number of benzene rings is 2. The smallest absolute Gasteiger partial charge is 0.279 e. The minimum absolute atomic E-state index is 0.0168. The topological polar surface area (TPSA) is 71.9 Å². The van der Waals surface area contributed by atoms with Crippen LogP contribution < -0.4 is 20.3 Å². The Morgan fingerprint density at radius 2 is 1.61 bits per heavy atom. The maximum absolute atomic E-state index is 12.5. The van der Waals surface area contributed by atoms with E-state index in [0.29, 0.717) is 29.2 Å². The first-order valence-electron chi connectivity index (χ1n) is 9.83. The van der Waals surface area contributed by atoms with Crippen molar-refractivity contribution in [2.75, 3.05) is 37.4 Å². The zero-order chi connectivity index (χ0) is 19.8. The third-order valence-electron chi connectivity index (χ3n) is 5.01. The molecule has 1 heterocycles. The molecular formula is C22H28N3O3+. The van der Waals surface area contributed by atoms with Gasteiger partial charge in [-0.1, -0.05) is 12.1 Å². The fourth-order valence-corrected chi connectivity index (χ4v) is 3.48. The summed E-state index contributed by atoms with van der Waals surface area (Å²) in [5, 5.41) is 5.78. The Balaban J connectivity index is 1.55. The standard InChI is InChI=1S/C22H27N3O3/c1-28-20-9-5-4-8-19(20)24-22(27)17-10-12-18(13-11-17)23-21(26)16-25-14-6-2-3-7-15-25/h4-5,8-13H,2-3,6-7,14-16H2,1H3,(H,23,26)(H,24,27)/p+1. The molecule has 2 amide bonds. The molecule has 0 saturated carbocycles. The lowest BCUT2D eigenvalue weighted by molar-refractivity contribution is -0.890. The van der Waals surface area contributed by atoms with Gasteiger partial charge in [-0.2, -0.15) is 0 Å². The normalized spacial score (nSPS) is 14.8. The number of amides is 2. The predicted octanol–water partition coefficient (Wildman–Crippen LogP) is 2.34. The number of carbonyl (C=O) groups excluding carboxylic acids is 2. The average molecular weight is 382 g/mol. The molecule has 0 atom stereocenters. The molecule has 3 rings (SSSR count). The summed E-state index contributed by atoms with van der Waals surface area (Å²) in [5.41, 5.74) is 1.84. The van der Waals surface area contributed by atoms with Crippen LogP contribution in [0.3, 0.4) is 0 Å². The van der Waals surface area contributed by atoms with Gasteiger partial charge in [-0.3, -0.25) is 9.59 Å². The van der Waals surface area contributed by atoms with Crippen LogP contribution in [0, 0.1) is 0 Å². The largest absolute Gasteiger partial charge is 0.495 e. The van der Waals surface area contributed by atoms with Gasteiger partial charge in [0.05, 0.1) is 25.9 Å². The zero-order valence-corrected chi connectivity index (χ0v) is 16.3. The van der Waals surface area contributed by atoms with E-state index in [1.54, 1.807) is 43.5 Å². The summed E-state index contributed by atoms with van der Waals surface area (Å²) in [4.78, 5) is 26.1. The van der Waals surface area contributed by atoms with Crippen molar-refractivity contribution in [1.29, 1.82) is 0 Å². The maximum atomic E-state index is 12.5. The molecule has 0 bridgehead atoms. The minimum atomic E-state index is -0.226. The van der Waals surface area contributed by atoms with Gasteiger partial charge in [-0.15, -0.1) is 0 Å². The Bertz CT molecular complexity index is 797. The summed E-state index contributed by atoms with van der Waals surface area (Å²) in [5.74, 6) is 0.398. The summed E-state index contributed by atoms with van der Waals surface area (Å²) >= 11 is 0. The molecule has 6 heteroatoms. The number of methoxy groups -OCH3 is 1. The van der Waals surface area contributed by atoms with Gasteiger partial charge in [0.1, 0.15) is 5.75 Å². The number of hydrogen-bond donors (Lipinski definition) is 3. The number of quaternary nitrogens is 1. The number of para-hydroxylation sites is 2. The molecule has 3 N–H and O–H groups in total. The van der Waals surface area contributed by atoms with E-state index in [4.69, 9.17) is 4.74 Å². The van der Waals surface area contributed by atoms with E-state index in [-0.39, 0.29) is 11.8 Å². The van der Waals surface area contributed by atoms with Crippen molar-refractivity contribution in [2.24, 2.45) is 0 Å². The summed E-state index contributed by atoms with van der Waals surface area (Å²) in [6.45, 7) is 2.63. The summed E-state index contributed by atoms with van der Waals surface area (Å²) < 4.78 is 5.25. The maximum Gasteiger partial charge on any atom is 0.279 e. The van der Waals surface area contributed by atoms with Crippen molar-refractivity contribution in [1.82, 2.24) is 0 Å². The highest BCUT2D eigenvalue weighted by molar-refractivity contribution is 6.05. The Morgan fingerprint density at radius 1 is 0.929 bits per heavy atom. The first kappa shape index (κ1) is 19.9. The predicted molar refractivity (Wildman–Crippen MR) is 110 cm³/mol. The molecule has 0 spiro atoms. The highest BCUT2D eigenvalue weighted by Gasteiger charge is 2.16. The van der Waals surface area contributed by atoms with Crippen LogP contribution in [0.25, 0.3) is 0 Å². The molecule has 1 saturated heterocycles. The van der Waals surface area contributed by atoms with Gasteiger partial charge in [-0.25, -0.2) is 0 Å². The first-order chi connectivity index (χ1) is 13.7. The molecule has 1 fully saturated rings. The molecule has 0 aromatic heterocycles. The van der Waals surface area contributed by atoms with Crippen molar-refractivity contribution >= 4 is 23.2 Å². The number of anilines is 2. The van der Waals surface area contributed by atoms with Gasteiger partial charge in [0, 0.05) is 11.3 Å². The van der Waals surface area contributed by atoms with Crippen LogP contribution >= 0.6 is 0 Å². The highest BCUT2D eigenvalue weighted by Crippen LogP contribution is 2.23. The number of rotatable bonds is 6. The summed E-state index contributed by atoms with van der Waals surface area (Å²) in [6.07, 6.45) is 4.92. The van der Waals surface area contributed by atoms with Crippen LogP contribution in [0.15, 0.2) is 48.5 Å². The van der Waals surface area contributed by atoms with Crippen LogP contribution in [0.5, 0.6) is 5.75 Å². The van der Waals surface area contributed by atoms with E-state index < -0.39 is 0 Å². The highest BCUT2D eigenvalue weighted by atomic mass is 16.5. The average Bonchev–Trinajstić information content (AvgIpc) is 2.97. The van der Waals surface area contributed by atoms with Crippen molar-refractivity contribution in [3.05, 3.63) is 54.1 Å². The van der Waals surface area contributed by atoms with Crippen LogP contribution in [-0.2, 0) is 4.79 Å². The quantitative estimate of drug-likeness (QED) is 0.718. The number of hydrogen-bond acceptors (Lipinski definition) is 3. The lowest BCUT2D eigenvalue weighted by Gasteiger charge is -2.16. The molecule has 0 unspecified atom stereocenters. The van der Waals surface area contributed by atoms with Gasteiger partial charge in [0.15, 0.2) is 6.54 Å². The molecule has 0 aliphatic carbocycles. The van der Waals surface area contributed by atoms with E-state index in [0.717, 1.165) is 13.1 Å². The van der Waals surface area contributed by atoms with E-state index in [9.17, 15) is 9.59 Å². The van der Waals surface area contributed by atoms with E-state index in [1.807, 2.05) is 12.1 Å². The van der Waals surface area contributed by atoms with E-state index in [1.165, 1.54) is 30.6 Å². The fraction of sp³-hybridized carbons (Fsp3) is 0.364. The Labute approximate surface area is 165 Å². The number of ether oxygens (including phenoxy) is 1. The van der Waals surface area contributed by atoms with Gasteiger partial charge in [0.2, 0.25) is 0 Å². The Kier molecular flexibility index (Phi) is 7.03. The van der Waals surface area contributed by atoms with Crippen LogP contribution in [0.4, 0.5) is 11.4 Å². The third kappa shape index (κ3) is 5.57. The van der Waals surface area contributed by atoms with Crippen molar-refractivity contribution in [3.63, 3.8) is 0 Å². The molecule has 0 radical (unpaired) electrons. The zero-order valence-electron chi connectivity index (χ0n) is 16.3. The van der Waals surface area contributed by atoms with Gasteiger partial charge in [0.25, 0.3) is 11.8 Å². The molecule has 1 aliphatic heterocycles. The van der Waals surface area contributed by atoms with Gasteiger partial charge < -0.3 is 20.3 Å². The monoisotopic (exact) mass is 382 g/mol. The molecule has 1 aliphatic rings. The fourth-order valence-electron chi connectivity index (χ4n) is 3.48. The van der Waals surface area contributed by atoms with Crippen molar-refractivity contribution in [2.45, 2.75) is 25.7 Å². The number of nitrogens with one attached hydrogen (secondary N) is 3. The van der Waals surface area contributed by atoms with Crippen LogP contribution in [0.1, 0.15) is 36.0 Å². The second-order valence-electron chi connectivity index (χ2n) is 7.12. The Hall–Kier alpha value is -2.86.